The fourth-order valence-corrected chi connectivity index (χ4v) is 1.15. The van der Waals surface area contributed by atoms with Crippen molar-refractivity contribution in [1.29, 1.82) is 0 Å². The third-order valence-electron chi connectivity index (χ3n) is 1.78. The Morgan fingerprint density at radius 2 is 2.38 bits per heavy atom. The zero-order chi connectivity index (χ0) is 9.68. The zero-order valence-corrected chi connectivity index (χ0v) is 7.71. The van der Waals surface area contributed by atoms with Gasteiger partial charge in [0.25, 0.3) is 0 Å². The first-order valence-corrected chi connectivity index (χ1v) is 4.47. The van der Waals surface area contributed by atoms with Crippen molar-refractivity contribution in [3.63, 3.8) is 0 Å². The van der Waals surface area contributed by atoms with Crippen LogP contribution in [-0.2, 0) is 17.6 Å². The van der Waals surface area contributed by atoms with Gasteiger partial charge >= 0.3 is 5.97 Å². The maximum absolute atomic E-state index is 10.3. The molecule has 4 nitrogen and oxygen atoms in total. The largest absolute Gasteiger partial charge is 0.481 e. The molecule has 0 saturated carbocycles. The normalized spacial score (nSPS) is 10.2. The summed E-state index contributed by atoms with van der Waals surface area (Å²) in [5.74, 6) is -0.0145. The van der Waals surface area contributed by atoms with Crippen LogP contribution in [0, 0.1) is 0 Å². The van der Waals surface area contributed by atoms with Gasteiger partial charge in [0.1, 0.15) is 5.82 Å². The van der Waals surface area contributed by atoms with Crippen molar-refractivity contribution in [2.75, 3.05) is 0 Å². The van der Waals surface area contributed by atoms with Gasteiger partial charge in [-0.25, -0.2) is 4.98 Å². The monoisotopic (exact) mass is 182 g/mol. The average molecular weight is 182 g/mol. The van der Waals surface area contributed by atoms with Crippen molar-refractivity contribution in [3.05, 3.63) is 17.7 Å². The Labute approximate surface area is 77.0 Å². The average Bonchev–Trinajstić information content (AvgIpc) is 2.50. The lowest BCUT2D eigenvalue weighted by Gasteiger charge is -1.92. The van der Waals surface area contributed by atoms with Crippen molar-refractivity contribution in [3.8, 4) is 0 Å². The molecule has 1 heterocycles. The van der Waals surface area contributed by atoms with Crippen molar-refractivity contribution in [1.82, 2.24) is 9.97 Å². The van der Waals surface area contributed by atoms with E-state index < -0.39 is 5.97 Å². The molecule has 0 atom stereocenters. The van der Waals surface area contributed by atoms with E-state index in [4.69, 9.17) is 5.11 Å². The lowest BCUT2D eigenvalue weighted by atomic mass is 10.3. The Balaban J connectivity index is 2.44. The maximum Gasteiger partial charge on any atom is 0.303 e. The molecule has 0 radical (unpaired) electrons. The summed E-state index contributed by atoms with van der Waals surface area (Å²) in [5.41, 5.74) is 1.09. The van der Waals surface area contributed by atoms with E-state index in [1.165, 1.54) is 0 Å². The van der Waals surface area contributed by atoms with Gasteiger partial charge < -0.3 is 10.1 Å². The predicted octanol–water partition coefficient (Wildman–Crippen LogP) is 1.38. The molecular formula is C9H14N2O2. The van der Waals surface area contributed by atoms with Crippen molar-refractivity contribution in [2.45, 2.75) is 32.6 Å². The van der Waals surface area contributed by atoms with Gasteiger partial charge in [-0.05, 0) is 6.42 Å². The summed E-state index contributed by atoms with van der Waals surface area (Å²) >= 11 is 0. The van der Waals surface area contributed by atoms with Crippen LogP contribution in [-0.4, -0.2) is 21.0 Å². The molecule has 0 aromatic carbocycles. The lowest BCUT2D eigenvalue weighted by molar-refractivity contribution is -0.137. The molecule has 1 aromatic heterocycles. The summed E-state index contributed by atoms with van der Waals surface area (Å²) in [6, 6.07) is 0. The van der Waals surface area contributed by atoms with Gasteiger partial charge in [0, 0.05) is 18.3 Å². The van der Waals surface area contributed by atoms with Gasteiger partial charge in [0.2, 0.25) is 0 Å². The fourth-order valence-electron chi connectivity index (χ4n) is 1.15. The highest BCUT2D eigenvalue weighted by molar-refractivity contribution is 5.66. The molecule has 0 aliphatic heterocycles. The van der Waals surface area contributed by atoms with Gasteiger partial charge in [-0.1, -0.05) is 13.3 Å². The van der Waals surface area contributed by atoms with Crippen molar-refractivity contribution < 1.29 is 9.90 Å². The smallest absolute Gasteiger partial charge is 0.303 e. The van der Waals surface area contributed by atoms with Crippen LogP contribution in [0.1, 0.15) is 31.3 Å². The van der Waals surface area contributed by atoms with Crippen LogP contribution in [0.5, 0.6) is 0 Å². The number of aryl methyl sites for hydroxylation is 2. The topological polar surface area (TPSA) is 66.0 Å². The van der Waals surface area contributed by atoms with Crippen LogP contribution in [0.3, 0.4) is 0 Å². The molecule has 0 saturated heterocycles. The number of aromatic amines is 1. The van der Waals surface area contributed by atoms with Crippen LogP contribution in [0.15, 0.2) is 6.20 Å². The van der Waals surface area contributed by atoms with Crippen LogP contribution < -0.4 is 0 Å². The van der Waals surface area contributed by atoms with E-state index in [1.54, 1.807) is 6.20 Å². The van der Waals surface area contributed by atoms with Crippen LogP contribution in [0.4, 0.5) is 0 Å². The molecule has 13 heavy (non-hydrogen) atoms. The minimum absolute atomic E-state index is 0.138. The summed E-state index contributed by atoms with van der Waals surface area (Å²) in [5, 5.41) is 8.44. The zero-order valence-electron chi connectivity index (χ0n) is 7.71. The molecule has 0 aliphatic carbocycles. The number of hydrogen-bond acceptors (Lipinski definition) is 2. The number of carbonyl (C=O) groups is 1. The molecule has 0 aliphatic rings. The van der Waals surface area contributed by atoms with Crippen molar-refractivity contribution in [2.24, 2.45) is 0 Å². The van der Waals surface area contributed by atoms with Crippen molar-refractivity contribution >= 4 is 5.97 Å². The van der Waals surface area contributed by atoms with E-state index in [-0.39, 0.29) is 6.42 Å². The summed E-state index contributed by atoms with van der Waals surface area (Å²) in [7, 11) is 0. The number of nitrogens with one attached hydrogen (secondary N) is 1. The Kier molecular flexibility index (Phi) is 3.49. The summed E-state index contributed by atoms with van der Waals surface area (Å²) in [4.78, 5) is 17.4. The van der Waals surface area contributed by atoms with Gasteiger partial charge in [-0.3, -0.25) is 4.79 Å². The first-order chi connectivity index (χ1) is 6.22. The number of imidazole rings is 1. The van der Waals surface area contributed by atoms with E-state index in [9.17, 15) is 4.79 Å². The van der Waals surface area contributed by atoms with E-state index in [0.717, 1.165) is 24.4 Å². The summed E-state index contributed by atoms with van der Waals surface area (Å²) in [6.07, 6.45) is 4.44. The summed E-state index contributed by atoms with van der Waals surface area (Å²) in [6.45, 7) is 2.10. The fraction of sp³-hybridized carbons (Fsp3) is 0.556. The lowest BCUT2D eigenvalue weighted by Crippen LogP contribution is -1.98. The van der Waals surface area contributed by atoms with E-state index in [1.807, 2.05) is 0 Å². The number of aliphatic carboxylic acids is 1. The minimum atomic E-state index is -0.784. The Morgan fingerprint density at radius 1 is 1.62 bits per heavy atom. The minimum Gasteiger partial charge on any atom is -0.481 e. The molecule has 1 aromatic rings. The second-order valence-corrected chi connectivity index (χ2v) is 3.00. The summed E-state index contributed by atoms with van der Waals surface area (Å²) < 4.78 is 0. The molecular weight excluding hydrogens is 168 g/mol. The number of hydrogen-bond donors (Lipinski definition) is 2. The van der Waals surface area contributed by atoms with Gasteiger partial charge in [-0.2, -0.15) is 0 Å². The van der Waals surface area contributed by atoms with Crippen LogP contribution in [0.2, 0.25) is 0 Å². The third kappa shape index (κ3) is 3.27. The SMILES string of the molecule is CCCc1cnc(CCC(=O)O)[nH]1. The Hall–Kier alpha value is -1.32. The standard InChI is InChI=1S/C9H14N2O2/c1-2-3-7-6-10-8(11-7)4-5-9(12)13/h6H,2-5H2,1H3,(H,10,11)(H,12,13). The number of aromatic nitrogens is 2. The Morgan fingerprint density at radius 3 is 3.00 bits per heavy atom. The first-order valence-electron chi connectivity index (χ1n) is 4.47. The van der Waals surface area contributed by atoms with E-state index in [0.29, 0.717) is 6.42 Å². The van der Waals surface area contributed by atoms with Gasteiger partial charge in [0.05, 0.1) is 6.42 Å². The van der Waals surface area contributed by atoms with Gasteiger partial charge in [-0.15, -0.1) is 0 Å². The molecule has 0 unspecified atom stereocenters. The maximum atomic E-state index is 10.3. The Bertz CT molecular complexity index is 281. The molecule has 0 spiro atoms. The quantitative estimate of drug-likeness (QED) is 0.723. The van der Waals surface area contributed by atoms with E-state index in [2.05, 4.69) is 16.9 Å². The van der Waals surface area contributed by atoms with Crippen LogP contribution >= 0.6 is 0 Å². The number of H-pyrrole nitrogens is 1. The molecule has 0 fully saturated rings. The second-order valence-electron chi connectivity index (χ2n) is 3.00. The predicted molar refractivity (Wildman–Crippen MR) is 48.5 cm³/mol. The van der Waals surface area contributed by atoms with Gasteiger partial charge in [0.15, 0.2) is 0 Å². The molecule has 72 valence electrons. The molecule has 0 bridgehead atoms. The third-order valence-corrected chi connectivity index (χ3v) is 1.78. The highest BCUT2D eigenvalue weighted by Crippen LogP contribution is 2.02. The molecule has 2 N–H and O–H groups in total. The molecule has 1 rings (SSSR count). The second kappa shape index (κ2) is 4.64. The molecule has 4 heteroatoms. The highest BCUT2D eigenvalue weighted by Gasteiger charge is 2.02. The molecule has 0 amide bonds. The number of carboxylic acid groups (broad SMARTS) is 1. The number of carboxylic acids is 1. The van der Waals surface area contributed by atoms with E-state index >= 15 is 0 Å². The van der Waals surface area contributed by atoms with Crippen LogP contribution in [0.25, 0.3) is 0 Å². The first kappa shape index (κ1) is 9.77. The number of nitrogens with zero attached hydrogens (tertiary/aromatic N) is 1. The highest BCUT2D eigenvalue weighted by atomic mass is 16.4. The number of rotatable bonds is 5.